The summed E-state index contributed by atoms with van der Waals surface area (Å²) >= 11 is 0. The first kappa shape index (κ1) is 16.2. The third-order valence-corrected chi connectivity index (χ3v) is 2.74. The summed E-state index contributed by atoms with van der Waals surface area (Å²) in [4.78, 5) is 10.8. The predicted molar refractivity (Wildman–Crippen MR) is 77.9 cm³/mol. The molecular weight excluding hydrogens is 256 g/mol. The van der Waals surface area contributed by atoms with Gasteiger partial charge in [0.15, 0.2) is 0 Å². The van der Waals surface area contributed by atoms with Crippen molar-refractivity contribution in [3.8, 4) is 5.75 Å². The van der Waals surface area contributed by atoms with Gasteiger partial charge in [0.25, 0.3) is 0 Å². The third-order valence-electron chi connectivity index (χ3n) is 2.74. The van der Waals surface area contributed by atoms with E-state index in [0.717, 1.165) is 31.6 Å². The van der Waals surface area contributed by atoms with Crippen molar-refractivity contribution in [3.05, 3.63) is 42.5 Å². The van der Waals surface area contributed by atoms with Crippen molar-refractivity contribution in [2.45, 2.75) is 19.3 Å². The van der Waals surface area contributed by atoms with Crippen LogP contribution in [0.2, 0.25) is 0 Å². The summed E-state index contributed by atoms with van der Waals surface area (Å²) in [7, 11) is 1.70. The normalized spacial score (nSPS) is 10.1. The molecule has 4 heteroatoms. The first-order valence-corrected chi connectivity index (χ1v) is 6.76. The molecule has 0 unspecified atom stereocenters. The van der Waals surface area contributed by atoms with Crippen LogP contribution in [-0.2, 0) is 20.7 Å². The van der Waals surface area contributed by atoms with E-state index in [-0.39, 0.29) is 5.97 Å². The van der Waals surface area contributed by atoms with Gasteiger partial charge in [0.2, 0.25) is 0 Å². The molecule has 0 spiro atoms. The third kappa shape index (κ3) is 6.95. The van der Waals surface area contributed by atoms with Crippen molar-refractivity contribution >= 4 is 5.97 Å². The van der Waals surface area contributed by atoms with Gasteiger partial charge in [-0.15, -0.1) is 0 Å². The highest BCUT2D eigenvalue weighted by Gasteiger charge is 1.98. The molecule has 1 aromatic carbocycles. The molecule has 0 heterocycles. The second-order valence-electron chi connectivity index (χ2n) is 4.31. The Morgan fingerprint density at radius 2 is 1.85 bits per heavy atom. The number of esters is 1. The molecule has 0 saturated heterocycles. The summed E-state index contributed by atoms with van der Waals surface area (Å²) < 4.78 is 15.5. The lowest BCUT2D eigenvalue weighted by Gasteiger charge is -2.07. The number of hydrogen-bond donors (Lipinski definition) is 0. The monoisotopic (exact) mass is 278 g/mol. The Hall–Kier alpha value is -1.81. The van der Waals surface area contributed by atoms with E-state index < -0.39 is 0 Å². The molecule has 1 rings (SSSR count). The minimum atomic E-state index is -0.377. The van der Waals surface area contributed by atoms with E-state index in [1.54, 1.807) is 7.11 Å². The van der Waals surface area contributed by atoms with Crippen LogP contribution in [0.1, 0.15) is 18.4 Å². The first-order chi connectivity index (χ1) is 9.76. The van der Waals surface area contributed by atoms with Gasteiger partial charge >= 0.3 is 5.97 Å². The van der Waals surface area contributed by atoms with Crippen LogP contribution in [-0.4, -0.2) is 32.9 Å². The molecule has 0 aliphatic rings. The van der Waals surface area contributed by atoms with E-state index in [0.29, 0.717) is 13.2 Å². The van der Waals surface area contributed by atoms with E-state index in [1.165, 1.54) is 11.6 Å². The quantitative estimate of drug-likeness (QED) is 0.375. The number of unbranched alkanes of at least 4 members (excludes halogenated alkanes) is 1. The summed E-state index contributed by atoms with van der Waals surface area (Å²) in [5, 5.41) is 0. The molecule has 0 saturated carbocycles. The maximum absolute atomic E-state index is 10.8. The van der Waals surface area contributed by atoms with Crippen molar-refractivity contribution in [1.82, 2.24) is 0 Å². The van der Waals surface area contributed by atoms with Crippen LogP contribution in [0.15, 0.2) is 36.9 Å². The number of ether oxygens (including phenoxy) is 3. The lowest BCUT2D eigenvalue weighted by Crippen LogP contribution is -2.04. The van der Waals surface area contributed by atoms with Crippen LogP contribution in [0, 0.1) is 0 Å². The highest BCUT2D eigenvalue weighted by Crippen LogP contribution is 2.13. The van der Waals surface area contributed by atoms with E-state index in [1.807, 2.05) is 24.3 Å². The minimum absolute atomic E-state index is 0.377. The smallest absolute Gasteiger partial charge is 0.330 e. The second kappa shape index (κ2) is 10.0. The first-order valence-electron chi connectivity index (χ1n) is 6.76. The highest BCUT2D eigenvalue weighted by atomic mass is 16.5. The van der Waals surface area contributed by atoms with E-state index >= 15 is 0 Å². The van der Waals surface area contributed by atoms with Gasteiger partial charge in [0.1, 0.15) is 5.75 Å². The largest absolute Gasteiger partial charge is 0.494 e. The number of methoxy groups -OCH3 is 1. The zero-order valence-corrected chi connectivity index (χ0v) is 12.0. The molecule has 0 aliphatic carbocycles. The van der Waals surface area contributed by atoms with E-state index in [9.17, 15) is 4.79 Å². The maximum Gasteiger partial charge on any atom is 0.330 e. The maximum atomic E-state index is 10.8. The van der Waals surface area contributed by atoms with Gasteiger partial charge in [-0.3, -0.25) is 0 Å². The second-order valence-corrected chi connectivity index (χ2v) is 4.31. The Balaban J connectivity index is 2.12. The van der Waals surface area contributed by atoms with Crippen molar-refractivity contribution in [2.75, 3.05) is 26.9 Å². The predicted octanol–water partition coefficient (Wildman–Crippen LogP) is 2.76. The van der Waals surface area contributed by atoms with Gasteiger partial charge < -0.3 is 14.2 Å². The molecule has 0 fully saturated rings. The fourth-order valence-electron chi connectivity index (χ4n) is 1.60. The van der Waals surface area contributed by atoms with Crippen LogP contribution in [0.3, 0.4) is 0 Å². The molecule has 0 N–H and O–H groups in total. The number of carbonyl (C=O) groups excluding carboxylic acids is 1. The lowest BCUT2D eigenvalue weighted by molar-refractivity contribution is -0.137. The Morgan fingerprint density at radius 3 is 2.50 bits per heavy atom. The van der Waals surface area contributed by atoms with Crippen LogP contribution in [0.25, 0.3) is 0 Å². The average Bonchev–Trinajstić information content (AvgIpc) is 2.49. The lowest BCUT2D eigenvalue weighted by atomic mass is 10.1. The Kier molecular flexibility index (Phi) is 8.15. The summed E-state index contributed by atoms with van der Waals surface area (Å²) in [6.07, 6.45) is 3.70. The Bertz CT molecular complexity index is 397. The van der Waals surface area contributed by atoms with Gasteiger partial charge in [-0.2, -0.15) is 0 Å². The number of rotatable bonds is 10. The summed E-state index contributed by atoms with van der Waals surface area (Å²) in [6, 6.07) is 8.01. The minimum Gasteiger partial charge on any atom is -0.494 e. The fraction of sp³-hybridized carbons (Fsp3) is 0.438. The summed E-state index contributed by atoms with van der Waals surface area (Å²) in [5.74, 6) is 0.479. The molecular formula is C16H22O4. The van der Waals surface area contributed by atoms with Crippen molar-refractivity contribution in [2.24, 2.45) is 0 Å². The molecule has 1 aromatic rings. The molecule has 0 atom stereocenters. The Labute approximate surface area is 120 Å². The van der Waals surface area contributed by atoms with Gasteiger partial charge in [0.05, 0.1) is 19.8 Å². The van der Waals surface area contributed by atoms with Crippen LogP contribution < -0.4 is 4.74 Å². The molecule has 0 bridgehead atoms. The van der Waals surface area contributed by atoms with Gasteiger partial charge in [0, 0.05) is 13.2 Å². The van der Waals surface area contributed by atoms with Crippen LogP contribution in [0.4, 0.5) is 0 Å². The standard InChI is InChI=1S/C16H22O4/c1-3-16(17)20-12-5-4-11-19-15-8-6-14(7-9-15)10-13-18-2/h3,6-9H,1,4-5,10-13H2,2H3. The Morgan fingerprint density at radius 1 is 1.15 bits per heavy atom. The molecule has 0 aliphatic heterocycles. The topological polar surface area (TPSA) is 44.8 Å². The van der Waals surface area contributed by atoms with Crippen molar-refractivity contribution in [1.29, 1.82) is 0 Å². The summed E-state index contributed by atoms with van der Waals surface area (Å²) in [6.45, 7) is 5.08. The van der Waals surface area contributed by atoms with E-state index in [4.69, 9.17) is 14.2 Å². The molecule has 20 heavy (non-hydrogen) atoms. The zero-order valence-electron chi connectivity index (χ0n) is 12.0. The van der Waals surface area contributed by atoms with E-state index in [2.05, 4.69) is 6.58 Å². The molecule has 4 nitrogen and oxygen atoms in total. The number of benzene rings is 1. The number of carbonyl (C=O) groups is 1. The van der Waals surface area contributed by atoms with Crippen LogP contribution >= 0.6 is 0 Å². The van der Waals surface area contributed by atoms with Crippen LogP contribution in [0.5, 0.6) is 5.75 Å². The molecule has 0 aromatic heterocycles. The van der Waals surface area contributed by atoms with Crippen molar-refractivity contribution < 1.29 is 19.0 Å². The summed E-state index contributed by atoms with van der Waals surface area (Å²) in [5.41, 5.74) is 1.23. The number of hydrogen-bond acceptors (Lipinski definition) is 4. The highest BCUT2D eigenvalue weighted by molar-refractivity contribution is 5.81. The van der Waals surface area contributed by atoms with Crippen molar-refractivity contribution in [3.63, 3.8) is 0 Å². The van der Waals surface area contributed by atoms with Gasteiger partial charge in [-0.05, 0) is 37.0 Å². The zero-order chi connectivity index (χ0) is 14.6. The van der Waals surface area contributed by atoms with Gasteiger partial charge in [-0.1, -0.05) is 18.7 Å². The molecule has 0 amide bonds. The SMILES string of the molecule is C=CC(=O)OCCCCOc1ccc(CCOC)cc1. The fourth-order valence-corrected chi connectivity index (χ4v) is 1.60. The van der Waals surface area contributed by atoms with Gasteiger partial charge in [-0.25, -0.2) is 4.79 Å². The molecule has 0 radical (unpaired) electrons. The average molecular weight is 278 g/mol. The molecule has 110 valence electrons.